The zero-order valence-corrected chi connectivity index (χ0v) is 23.5. The molecular formula is C27H45N7O4. The number of ether oxygens (including phenoxy) is 2. The van der Waals surface area contributed by atoms with E-state index < -0.39 is 5.54 Å². The van der Waals surface area contributed by atoms with E-state index in [0.717, 1.165) is 23.7 Å². The van der Waals surface area contributed by atoms with Crippen LogP contribution in [-0.2, 0) is 22.6 Å². The molecule has 2 amide bonds. The summed E-state index contributed by atoms with van der Waals surface area (Å²) in [4.78, 5) is 21.8. The Hall–Kier alpha value is -3.05. The van der Waals surface area contributed by atoms with Gasteiger partial charge in [0, 0.05) is 31.7 Å². The van der Waals surface area contributed by atoms with Gasteiger partial charge < -0.3 is 25.8 Å². The number of carbonyl (C=O) groups is 2. The molecule has 1 atom stereocenters. The second-order valence-corrected chi connectivity index (χ2v) is 10.4. The number of tetrazole rings is 1. The van der Waals surface area contributed by atoms with Crippen LogP contribution in [0.3, 0.4) is 0 Å². The highest BCUT2D eigenvalue weighted by atomic mass is 16.5. The quantitative estimate of drug-likeness (QED) is 0.378. The van der Waals surface area contributed by atoms with Gasteiger partial charge in [0.25, 0.3) is 0 Å². The molecule has 1 aliphatic rings. The molecule has 1 aromatic carbocycles. The van der Waals surface area contributed by atoms with Crippen LogP contribution >= 0.6 is 0 Å². The van der Waals surface area contributed by atoms with Crippen LogP contribution < -0.4 is 21.1 Å². The molecule has 11 heteroatoms. The SMILES string of the molecule is CC(=O)C(C)(C)N.CNC(=O)NCc1ccccc1OCCn1nnnc1C(C)COCC1CCCCC1. The van der Waals surface area contributed by atoms with Crippen molar-refractivity contribution in [2.24, 2.45) is 11.7 Å². The molecule has 1 aromatic heterocycles. The molecule has 0 aliphatic heterocycles. The van der Waals surface area contributed by atoms with Crippen molar-refractivity contribution < 1.29 is 19.1 Å². The Morgan fingerprint density at radius 3 is 2.55 bits per heavy atom. The summed E-state index contributed by atoms with van der Waals surface area (Å²) in [5.41, 5.74) is 5.60. The molecule has 0 bridgehead atoms. The fourth-order valence-electron chi connectivity index (χ4n) is 3.86. The number of nitrogens with two attached hydrogens (primary N) is 1. The maximum absolute atomic E-state index is 11.4. The van der Waals surface area contributed by atoms with Crippen LogP contribution in [0.5, 0.6) is 5.75 Å². The molecular weight excluding hydrogens is 486 g/mol. The fourth-order valence-corrected chi connectivity index (χ4v) is 3.86. The van der Waals surface area contributed by atoms with Gasteiger partial charge in [-0.05, 0) is 56.0 Å². The Morgan fingerprint density at radius 1 is 1.21 bits per heavy atom. The zero-order chi connectivity index (χ0) is 28.0. The van der Waals surface area contributed by atoms with Crippen molar-refractivity contribution in [3.8, 4) is 5.75 Å². The summed E-state index contributed by atoms with van der Waals surface area (Å²) >= 11 is 0. The van der Waals surface area contributed by atoms with Gasteiger partial charge in [0.05, 0.1) is 18.7 Å². The molecule has 2 aromatic rings. The topological polar surface area (TPSA) is 146 Å². The van der Waals surface area contributed by atoms with E-state index in [1.807, 2.05) is 24.3 Å². The van der Waals surface area contributed by atoms with Crippen LogP contribution in [0, 0.1) is 5.92 Å². The first-order chi connectivity index (χ1) is 18.1. The summed E-state index contributed by atoms with van der Waals surface area (Å²) in [7, 11) is 1.59. The molecule has 4 N–H and O–H groups in total. The third-order valence-corrected chi connectivity index (χ3v) is 6.55. The van der Waals surface area contributed by atoms with Gasteiger partial charge in [-0.15, -0.1) is 5.10 Å². The fraction of sp³-hybridized carbons (Fsp3) is 0.667. The van der Waals surface area contributed by atoms with Crippen molar-refractivity contribution >= 4 is 11.8 Å². The van der Waals surface area contributed by atoms with Gasteiger partial charge in [-0.3, -0.25) is 4.79 Å². The van der Waals surface area contributed by atoms with Crippen molar-refractivity contribution in [2.45, 2.75) is 84.3 Å². The monoisotopic (exact) mass is 531 g/mol. The highest BCUT2D eigenvalue weighted by Crippen LogP contribution is 2.24. The first-order valence-electron chi connectivity index (χ1n) is 13.4. The van der Waals surface area contributed by atoms with E-state index in [-0.39, 0.29) is 17.7 Å². The van der Waals surface area contributed by atoms with Gasteiger partial charge in [0.15, 0.2) is 5.82 Å². The number of urea groups is 1. The summed E-state index contributed by atoms with van der Waals surface area (Å²) in [5.74, 6) is 2.37. The van der Waals surface area contributed by atoms with Crippen LogP contribution in [0.4, 0.5) is 4.79 Å². The van der Waals surface area contributed by atoms with Gasteiger partial charge in [-0.2, -0.15) is 0 Å². The lowest BCUT2D eigenvalue weighted by atomic mass is 9.90. The van der Waals surface area contributed by atoms with E-state index in [9.17, 15) is 9.59 Å². The summed E-state index contributed by atoms with van der Waals surface area (Å²) in [6.07, 6.45) is 6.57. The average Bonchev–Trinajstić information content (AvgIpc) is 3.37. The Morgan fingerprint density at radius 2 is 1.89 bits per heavy atom. The van der Waals surface area contributed by atoms with Gasteiger partial charge in [-0.1, -0.05) is 44.4 Å². The van der Waals surface area contributed by atoms with Crippen LogP contribution in [-0.4, -0.2) is 64.4 Å². The van der Waals surface area contributed by atoms with E-state index >= 15 is 0 Å². The van der Waals surface area contributed by atoms with Crippen molar-refractivity contribution in [1.29, 1.82) is 0 Å². The third-order valence-electron chi connectivity index (χ3n) is 6.55. The standard InChI is InChI=1S/C22H34N6O3.C5H11NO/c1-17(15-30-16-18-8-4-3-5-9-18)21-25-26-27-28(21)12-13-31-20-11-7-6-10-19(20)14-24-22(29)23-2;1-4(7)5(2,3)6/h6-7,10-11,17-18H,3-5,8-9,12-16H2,1-2H3,(H2,23,24,29);6H2,1-3H3. The van der Waals surface area contributed by atoms with Gasteiger partial charge in [0.1, 0.15) is 18.1 Å². The minimum atomic E-state index is -0.639. The minimum absolute atomic E-state index is 0.0208. The molecule has 1 fully saturated rings. The van der Waals surface area contributed by atoms with E-state index in [4.69, 9.17) is 15.2 Å². The van der Waals surface area contributed by atoms with Crippen molar-refractivity contribution in [3.63, 3.8) is 0 Å². The smallest absolute Gasteiger partial charge is 0.314 e. The Balaban J connectivity index is 0.000000638. The van der Waals surface area contributed by atoms with Crippen molar-refractivity contribution in [3.05, 3.63) is 35.7 Å². The molecule has 11 nitrogen and oxygen atoms in total. The molecule has 3 rings (SSSR count). The number of aromatic nitrogens is 4. The predicted octanol–water partition coefficient (Wildman–Crippen LogP) is 3.19. The van der Waals surface area contributed by atoms with Crippen molar-refractivity contribution in [1.82, 2.24) is 30.8 Å². The molecule has 1 saturated carbocycles. The average molecular weight is 532 g/mol. The number of hydrogen-bond donors (Lipinski definition) is 3. The number of ketones is 1. The normalized spacial score (nSPS) is 14.7. The van der Waals surface area contributed by atoms with Crippen LogP contribution in [0.2, 0.25) is 0 Å². The maximum Gasteiger partial charge on any atom is 0.314 e. The predicted molar refractivity (Wildman–Crippen MR) is 146 cm³/mol. The van der Waals surface area contributed by atoms with Crippen LogP contribution in [0.15, 0.2) is 24.3 Å². The minimum Gasteiger partial charge on any atom is -0.491 e. The van der Waals surface area contributed by atoms with Gasteiger partial charge in [-0.25, -0.2) is 9.48 Å². The van der Waals surface area contributed by atoms with Crippen LogP contribution in [0.25, 0.3) is 0 Å². The Kier molecular flexibility index (Phi) is 13.1. The number of rotatable bonds is 12. The lowest BCUT2D eigenvalue weighted by Crippen LogP contribution is -2.39. The number of para-hydroxylation sites is 1. The highest BCUT2D eigenvalue weighted by molar-refractivity contribution is 5.84. The molecule has 0 spiro atoms. The van der Waals surface area contributed by atoms with Gasteiger partial charge >= 0.3 is 6.03 Å². The first kappa shape index (κ1) is 31.2. The van der Waals surface area contributed by atoms with Crippen LogP contribution in [0.1, 0.15) is 77.1 Å². The zero-order valence-electron chi connectivity index (χ0n) is 23.5. The summed E-state index contributed by atoms with van der Waals surface area (Å²) in [6.45, 7) is 9.74. The first-order valence-corrected chi connectivity index (χ1v) is 13.4. The lowest BCUT2D eigenvalue weighted by molar-refractivity contribution is -0.120. The molecule has 1 unspecified atom stereocenters. The Labute approximate surface area is 226 Å². The molecule has 212 valence electrons. The molecule has 1 heterocycles. The second kappa shape index (κ2) is 16.0. The van der Waals surface area contributed by atoms with E-state index in [1.54, 1.807) is 25.6 Å². The number of Topliss-reactive ketones (excluding diaryl/α,β-unsaturated/α-hetero) is 1. The molecule has 1 aliphatic carbocycles. The van der Waals surface area contributed by atoms with E-state index in [1.165, 1.54) is 39.0 Å². The number of hydrogen-bond acceptors (Lipinski definition) is 8. The number of nitrogens with one attached hydrogen (secondary N) is 2. The number of amides is 2. The van der Waals surface area contributed by atoms with Gasteiger partial charge in [0.2, 0.25) is 0 Å². The molecule has 38 heavy (non-hydrogen) atoms. The Bertz CT molecular complexity index is 984. The van der Waals surface area contributed by atoms with E-state index in [2.05, 4.69) is 33.1 Å². The third kappa shape index (κ3) is 11.1. The summed E-state index contributed by atoms with van der Waals surface area (Å²) in [6, 6.07) is 7.42. The maximum atomic E-state index is 11.4. The number of carbonyl (C=O) groups excluding carboxylic acids is 2. The van der Waals surface area contributed by atoms with Crippen molar-refractivity contribution in [2.75, 3.05) is 26.9 Å². The second-order valence-electron chi connectivity index (χ2n) is 10.4. The molecule has 0 radical (unpaired) electrons. The highest BCUT2D eigenvalue weighted by Gasteiger charge is 2.18. The molecule has 0 saturated heterocycles. The number of benzene rings is 1. The number of nitrogens with zero attached hydrogens (tertiary/aromatic N) is 4. The largest absolute Gasteiger partial charge is 0.491 e. The summed E-state index contributed by atoms with van der Waals surface area (Å²) in [5, 5.41) is 17.5. The summed E-state index contributed by atoms with van der Waals surface area (Å²) < 4.78 is 13.7. The van der Waals surface area contributed by atoms with E-state index in [0.29, 0.717) is 32.2 Å². The lowest BCUT2D eigenvalue weighted by Gasteiger charge is -2.22.